The molecule has 0 amide bonds. The molecule has 4 saturated heterocycles. The van der Waals surface area contributed by atoms with Crippen molar-refractivity contribution in [3.05, 3.63) is 108 Å². The van der Waals surface area contributed by atoms with Gasteiger partial charge in [-0.1, -0.05) is 91.0 Å². The summed E-state index contributed by atoms with van der Waals surface area (Å²) in [5.41, 5.74) is 3.30. The van der Waals surface area contributed by atoms with Crippen molar-refractivity contribution in [2.45, 2.75) is 112 Å². The number of benzene rings is 3. The summed E-state index contributed by atoms with van der Waals surface area (Å²) < 4.78 is 45.0. The lowest BCUT2D eigenvalue weighted by atomic mass is 9.85. The number of rotatable bonds is 11. The van der Waals surface area contributed by atoms with Crippen LogP contribution >= 0.6 is 11.6 Å². The van der Waals surface area contributed by atoms with Crippen molar-refractivity contribution in [1.82, 2.24) is 0 Å². The summed E-state index contributed by atoms with van der Waals surface area (Å²) in [7, 11) is 0. The Labute approximate surface area is 282 Å². The van der Waals surface area contributed by atoms with Gasteiger partial charge in [0, 0.05) is 19.4 Å². The summed E-state index contributed by atoms with van der Waals surface area (Å²) in [5, 5.41) is 11.0. The van der Waals surface area contributed by atoms with Crippen LogP contribution in [0.5, 0.6) is 0 Å². The van der Waals surface area contributed by atoms with Crippen molar-refractivity contribution in [3.8, 4) is 0 Å². The lowest BCUT2D eigenvalue weighted by Crippen LogP contribution is -2.63. The zero-order valence-corrected chi connectivity index (χ0v) is 27.3. The van der Waals surface area contributed by atoms with Gasteiger partial charge in [-0.15, -0.1) is 11.6 Å². The molecule has 47 heavy (non-hydrogen) atoms. The van der Waals surface area contributed by atoms with Crippen LogP contribution in [0.4, 0.5) is 0 Å². The van der Waals surface area contributed by atoms with Crippen LogP contribution in [0, 0.1) is 0 Å². The second kappa shape index (κ2) is 15.9. The molecule has 252 valence electrons. The van der Waals surface area contributed by atoms with E-state index in [1.807, 2.05) is 66.7 Å². The molecule has 4 aliphatic heterocycles. The van der Waals surface area contributed by atoms with Gasteiger partial charge >= 0.3 is 0 Å². The Morgan fingerprint density at radius 1 is 0.617 bits per heavy atom. The largest absolute Gasteiger partial charge is 0.390 e. The topological polar surface area (TPSA) is 84.8 Å². The maximum Gasteiger partial charge on any atom is 0.111 e. The van der Waals surface area contributed by atoms with E-state index in [4.69, 9.17) is 44.8 Å². The second-order valence-corrected chi connectivity index (χ2v) is 13.6. The van der Waals surface area contributed by atoms with Crippen LogP contribution in [0.2, 0.25) is 0 Å². The summed E-state index contributed by atoms with van der Waals surface area (Å²) in [5.74, 6) is 0. The normalized spacial score (nSPS) is 35.5. The zero-order chi connectivity index (χ0) is 32.0. The SMILES string of the molecule is O[C@H]1C[C@H]2OCC[C@H](OCc3ccccc3)[C@@H]2O[C@@H]1[C@H]1C[C@H](Cl)[C@@H]2O[C@H](COCc3ccccc3)[C@H](OCc3ccccc3)C[C@H]2O1. The Morgan fingerprint density at radius 2 is 1.21 bits per heavy atom. The first kappa shape index (κ1) is 33.1. The first-order chi connectivity index (χ1) is 23.1. The summed E-state index contributed by atoms with van der Waals surface area (Å²) >= 11 is 7.08. The number of ether oxygens (including phenoxy) is 7. The van der Waals surface area contributed by atoms with Crippen LogP contribution in [0.1, 0.15) is 42.4 Å². The van der Waals surface area contributed by atoms with Gasteiger partial charge in [0.2, 0.25) is 0 Å². The lowest BCUT2D eigenvalue weighted by Gasteiger charge is -2.51. The minimum absolute atomic E-state index is 0.141. The van der Waals surface area contributed by atoms with Gasteiger partial charge in [0.05, 0.1) is 68.4 Å². The third-order valence-corrected chi connectivity index (χ3v) is 10.2. The smallest absolute Gasteiger partial charge is 0.111 e. The summed E-state index contributed by atoms with van der Waals surface area (Å²) in [6.45, 7) is 2.39. The summed E-state index contributed by atoms with van der Waals surface area (Å²) in [4.78, 5) is 0. The van der Waals surface area contributed by atoms with Crippen molar-refractivity contribution < 1.29 is 38.3 Å². The molecule has 0 bridgehead atoms. The van der Waals surface area contributed by atoms with Crippen LogP contribution in [0.15, 0.2) is 91.0 Å². The van der Waals surface area contributed by atoms with E-state index in [1.165, 1.54) is 0 Å². The Balaban J connectivity index is 1.01. The Bertz CT molecular complexity index is 1370. The van der Waals surface area contributed by atoms with Gasteiger partial charge < -0.3 is 38.3 Å². The fourth-order valence-corrected chi connectivity index (χ4v) is 7.70. The molecule has 4 fully saturated rings. The molecule has 1 N–H and O–H groups in total. The van der Waals surface area contributed by atoms with Crippen molar-refractivity contribution in [1.29, 1.82) is 0 Å². The number of hydrogen-bond acceptors (Lipinski definition) is 8. The van der Waals surface area contributed by atoms with E-state index in [9.17, 15) is 5.11 Å². The van der Waals surface area contributed by atoms with Gasteiger partial charge in [0.25, 0.3) is 0 Å². The standard InChI is InChI=1S/C38H45ClO8/c39-28-18-33(37-29(40)19-32-38(47-37)30(16-17-42-32)43-22-26-12-6-2-7-13-26)45-34-20-31(44-23-27-14-8-3-9-15-27)35(46-36(28)34)24-41-21-25-10-4-1-5-11-25/h1-15,28-38,40H,16-24H2/t28-,29-,30-,31+,32+,33+,34+,35+,36-,37-,38-/m0/s1. The average molecular weight is 665 g/mol. The van der Waals surface area contributed by atoms with Gasteiger partial charge in [-0.05, 0) is 29.5 Å². The highest BCUT2D eigenvalue weighted by Crippen LogP contribution is 2.40. The zero-order valence-electron chi connectivity index (χ0n) is 26.6. The van der Waals surface area contributed by atoms with Crippen LogP contribution in [-0.2, 0) is 53.0 Å². The predicted octanol–water partition coefficient (Wildman–Crippen LogP) is 5.60. The van der Waals surface area contributed by atoms with Gasteiger partial charge in [0.1, 0.15) is 24.4 Å². The number of hydrogen-bond donors (Lipinski definition) is 1. The van der Waals surface area contributed by atoms with Gasteiger partial charge in [-0.3, -0.25) is 0 Å². The summed E-state index contributed by atoms with van der Waals surface area (Å²) in [6.07, 6.45) is -1.32. The second-order valence-electron chi connectivity index (χ2n) is 13.1. The predicted molar refractivity (Wildman–Crippen MR) is 176 cm³/mol. The van der Waals surface area contributed by atoms with E-state index in [-0.39, 0.29) is 48.1 Å². The molecule has 4 aliphatic rings. The molecule has 9 heteroatoms. The molecule has 3 aromatic carbocycles. The minimum atomic E-state index is -0.747. The lowest BCUT2D eigenvalue weighted by molar-refractivity contribution is -0.290. The maximum atomic E-state index is 11.3. The van der Waals surface area contributed by atoms with Crippen molar-refractivity contribution >= 4 is 11.6 Å². The van der Waals surface area contributed by atoms with E-state index in [1.54, 1.807) is 0 Å². The van der Waals surface area contributed by atoms with Crippen molar-refractivity contribution in [3.63, 3.8) is 0 Å². The molecule has 7 rings (SSSR count). The molecule has 4 heterocycles. The molecule has 11 atom stereocenters. The third kappa shape index (κ3) is 8.27. The third-order valence-electron chi connectivity index (χ3n) is 9.75. The van der Waals surface area contributed by atoms with Crippen molar-refractivity contribution in [2.75, 3.05) is 13.2 Å². The molecule has 0 unspecified atom stereocenters. The van der Waals surface area contributed by atoms with Crippen LogP contribution < -0.4 is 0 Å². The van der Waals surface area contributed by atoms with Crippen LogP contribution in [-0.4, -0.2) is 84.7 Å². The monoisotopic (exact) mass is 664 g/mol. The van der Waals surface area contributed by atoms with E-state index in [0.717, 1.165) is 23.1 Å². The number of aliphatic hydroxyl groups is 1. The minimum Gasteiger partial charge on any atom is -0.390 e. The van der Waals surface area contributed by atoms with E-state index >= 15 is 0 Å². The first-order valence-corrected chi connectivity index (χ1v) is 17.4. The van der Waals surface area contributed by atoms with Crippen molar-refractivity contribution in [2.24, 2.45) is 0 Å². The highest BCUT2D eigenvalue weighted by molar-refractivity contribution is 6.21. The molecule has 0 saturated carbocycles. The van der Waals surface area contributed by atoms with E-state index in [2.05, 4.69) is 24.3 Å². The average Bonchev–Trinajstić information content (AvgIpc) is 3.11. The molecule has 0 spiro atoms. The van der Waals surface area contributed by atoms with E-state index in [0.29, 0.717) is 52.3 Å². The number of halogens is 1. The van der Waals surface area contributed by atoms with Gasteiger partial charge in [0.15, 0.2) is 0 Å². The Morgan fingerprint density at radius 3 is 1.87 bits per heavy atom. The molecule has 8 nitrogen and oxygen atoms in total. The molecule has 3 aromatic rings. The number of fused-ring (bicyclic) bond motifs is 2. The molecule has 0 aromatic heterocycles. The van der Waals surface area contributed by atoms with Gasteiger partial charge in [-0.25, -0.2) is 0 Å². The number of aliphatic hydroxyl groups excluding tert-OH is 1. The Kier molecular flexibility index (Phi) is 11.2. The fraction of sp³-hybridized carbons (Fsp3) is 0.526. The number of alkyl halides is 1. The molecular weight excluding hydrogens is 620 g/mol. The Hall–Kier alpha value is -2.37. The molecule has 0 radical (unpaired) electrons. The maximum absolute atomic E-state index is 11.3. The van der Waals surface area contributed by atoms with Crippen LogP contribution in [0.3, 0.4) is 0 Å². The van der Waals surface area contributed by atoms with Gasteiger partial charge in [-0.2, -0.15) is 0 Å². The van der Waals surface area contributed by atoms with Crippen LogP contribution in [0.25, 0.3) is 0 Å². The molecular formula is C38H45ClO8. The van der Waals surface area contributed by atoms with E-state index < -0.39 is 18.3 Å². The highest BCUT2D eigenvalue weighted by Gasteiger charge is 2.52. The highest BCUT2D eigenvalue weighted by atomic mass is 35.5. The molecule has 0 aliphatic carbocycles. The fourth-order valence-electron chi connectivity index (χ4n) is 7.30. The first-order valence-electron chi connectivity index (χ1n) is 16.9. The quantitative estimate of drug-likeness (QED) is 0.265. The summed E-state index contributed by atoms with van der Waals surface area (Å²) in [6, 6.07) is 30.4.